The lowest BCUT2D eigenvalue weighted by molar-refractivity contribution is -0.120. The summed E-state index contributed by atoms with van der Waals surface area (Å²) in [5.74, 6) is 0.0973. The van der Waals surface area contributed by atoms with E-state index >= 15 is 0 Å². The molecule has 2 unspecified atom stereocenters. The molecule has 3 N–H and O–H groups in total. The molecular weight excluding hydrogens is 290 g/mol. The Morgan fingerprint density at radius 2 is 2.30 bits per heavy atom. The number of aromatic nitrogens is 1. The standard InChI is InChI=1S/C14H17N3OS2/c15-10-4-1-3-9(7-10)13(18)17-14-16-11(8-20-14)12-5-2-6-19-12/h2,5-6,8-10H,1,3-4,7,15H2,(H,16,17,18). The molecule has 2 aromatic heterocycles. The van der Waals surface area contributed by atoms with Gasteiger partial charge in [-0.25, -0.2) is 4.98 Å². The summed E-state index contributed by atoms with van der Waals surface area (Å²) in [6.45, 7) is 0. The van der Waals surface area contributed by atoms with E-state index in [2.05, 4.69) is 10.3 Å². The van der Waals surface area contributed by atoms with Crippen molar-refractivity contribution in [3.05, 3.63) is 22.9 Å². The molecule has 106 valence electrons. The Morgan fingerprint density at radius 3 is 3.05 bits per heavy atom. The molecule has 1 amide bonds. The van der Waals surface area contributed by atoms with Crippen LogP contribution in [-0.4, -0.2) is 16.9 Å². The van der Waals surface area contributed by atoms with Gasteiger partial charge >= 0.3 is 0 Å². The van der Waals surface area contributed by atoms with Gasteiger partial charge in [0.05, 0.1) is 10.6 Å². The summed E-state index contributed by atoms with van der Waals surface area (Å²) < 4.78 is 0. The van der Waals surface area contributed by atoms with E-state index in [0.717, 1.165) is 36.3 Å². The van der Waals surface area contributed by atoms with Crippen LogP contribution >= 0.6 is 22.7 Å². The van der Waals surface area contributed by atoms with E-state index in [-0.39, 0.29) is 17.9 Å². The van der Waals surface area contributed by atoms with E-state index in [4.69, 9.17) is 5.73 Å². The molecule has 0 spiro atoms. The lowest BCUT2D eigenvalue weighted by Crippen LogP contribution is -2.34. The summed E-state index contributed by atoms with van der Waals surface area (Å²) >= 11 is 3.12. The van der Waals surface area contributed by atoms with Crippen LogP contribution < -0.4 is 11.1 Å². The van der Waals surface area contributed by atoms with E-state index in [1.54, 1.807) is 11.3 Å². The smallest absolute Gasteiger partial charge is 0.229 e. The molecule has 1 saturated carbocycles. The number of anilines is 1. The lowest BCUT2D eigenvalue weighted by Gasteiger charge is -2.25. The predicted molar refractivity (Wildman–Crippen MR) is 84.0 cm³/mol. The number of nitrogens with zero attached hydrogens (tertiary/aromatic N) is 1. The van der Waals surface area contributed by atoms with Crippen LogP contribution in [0, 0.1) is 5.92 Å². The molecule has 0 aliphatic heterocycles. The molecule has 6 heteroatoms. The summed E-state index contributed by atoms with van der Waals surface area (Å²) in [6.07, 6.45) is 3.79. The largest absolute Gasteiger partial charge is 0.328 e. The number of nitrogens with two attached hydrogens (primary N) is 1. The minimum atomic E-state index is 0.0350. The molecule has 1 fully saturated rings. The molecular formula is C14H17N3OS2. The van der Waals surface area contributed by atoms with Gasteiger partial charge in [0.1, 0.15) is 0 Å². The van der Waals surface area contributed by atoms with Gasteiger partial charge in [-0.1, -0.05) is 12.5 Å². The number of nitrogens with one attached hydrogen (secondary N) is 1. The van der Waals surface area contributed by atoms with Crippen LogP contribution in [0.5, 0.6) is 0 Å². The highest BCUT2D eigenvalue weighted by atomic mass is 32.1. The third-order valence-corrected chi connectivity index (χ3v) is 5.24. The van der Waals surface area contributed by atoms with Gasteiger partial charge < -0.3 is 11.1 Å². The lowest BCUT2D eigenvalue weighted by atomic mass is 9.86. The second-order valence-corrected chi connectivity index (χ2v) is 6.93. The van der Waals surface area contributed by atoms with Gasteiger partial charge in [0.2, 0.25) is 5.91 Å². The number of carbonyl (C=O) groups excluding carboxylic acids is 1. The van der Waals surface area contributed by atoms with Gasteiger partial charge in [0, 0.05) is 17.3 Å². The van der Waals surface area contributed by atoms with Gasteiger partial charge in [0.25, 0.3) is 0 Å². The predicted octanol–water partition coefficient (Wildman–Crippen LogP) is 3.33. The van der Waals surface area contributed by atoms with Crippen molar-refractivity contribution in [1.29, 1.82) is 0 Å². The van der Waals surface area contributed by atoms with Crippen molar-refractivity contribution in [2.24, 2.45) is 11.7 Å². The van der Waals surface area contributed by atoms with Crippen molar-refractivity contribution in [2.45, 2.75) is 31.7 Å². The van der Waals surface area contributed by atoms with Crippen LogP contribution in [0.15, 0.2) is 22.9 Å². The molecule has 4 nitrogen and oxygen atoms in total. The Kier molecular flexibility index (Phi) is 4.14. The highest BCUT2D eigenvalue weighted by Gasteiger charge is 2.25. The molecule has 2 atom stereocenters. The monoisotopic (exact) mass is 307 g/mol. The van der Waals surface area contributed by atoms with E-state index < -0.39 is 0 Å². The first-order valence-electron chi connectivity index (χ1n) is 6.78. The highest BCUT2D eigenvalue weighted by Crippen LogP contribution is 2.29. The Bertz CT molecular complexity index is 579. The molecule has 0 radical (unpaired) electrons. The third kappa shape index (κ3) is 3.08. The van der Waals surface area contributed by atoms with Crippen molar-refractivity contribution in [3.63, 3.8) is 0 Å². The molecule has 3 rings (SSSR count). The topological polar surface area (TPSA) is 68.0 Å². The fourth-order valence-corrected chi connectivity index (χ4v) is 4.02. The second-order valence-electron chi connectivity index (χ2n) is 5.13. The zero-order valence-electron chi connectivity index (χ0n) is 11.0. The van der Waals surface area contributed by atoms with Crippen molar-refractivity contribution in [3.8, 4) is 10.6 Å². The fraction of sp³-hybridized carbons (Fsp3) is 0.429. The summed E-state index contributed by atoms with van der Waals surface area (Å²) in [5, 5.41) is 7.61. The molecule has 2 heterocycles. The first kappa shape index (κ1) is 13.7. The maximum atomic E-state index is 12.2. The van der Waals surface area contributed by atoms with Gasteiger partial charge in [-0.3, -0.25) is 4.79 Å². The average molecular weight is 307 g/mol. The number of hydrogen-bond donors (Lipinski definition) is 2. The summed E-state index contributed by atoms with van der Waals surface area (Å²) in [6, 6.07) is 4.20. The number of rotatable bonds is 3. The normalized spacial score (nSPS) is 22.6. The first-order chi connectivity index (χ1) is 9.72. The molecule has 1 aliphatic rings. The zero-order chi connectivity index (χ0) is 13.9. The zero-order valence-corrected chi connectivity index (χ0v) is 12.7. The van der Waals surface area contributed by atoms with Gasteiger partial charge in [-0.05, 0) is 30.7 Å². The Labute approximate surface area is 126 Å². The molecule has 1 aliphatic carbocycles. The van der Waals surface area contributed by atoms with Gasteiger partial charge in [-0.15, -0.1) is 22.7 Å². The second kappa shape index (κ2) is 6.03. The quantitative estimate of drug-likeness (QED) is 0.914. The fourth-order valence-electron chi connectivity index (χ4n) is 2.54. The van der Waals surface area contributed by atoms with E-state index in [1.165, 1.54) is 11.3 Å². The van der Waals surface area contributed by atoms with Crippen LogP contribution in [0.3, 0.4) is 0 Å². The number of amides is 1. The van der Waals surface area contributed by atoms with E-state index in [0.29, 0.717) is 5.13 Å². The number of hydrogen-bond acceptors (Lipinski definition) is 5. The number of thiazole rings is 1. The van der Waals surface area contributed by atoms with Crippen molar-refractivity contribution in [2.75, 3.05) is 5.32 Å². The van der Waals surface area contributed by atoms with Crippen LogP contribution in [0.2, 0.25) is 0 Å². The Morgan fingerprint density at radius 1 is 1.40 bits per heavy atom. The maximum absolute atomic E-state index is 12.2. The van der Waals surface area contributed by atoms with Crippen molar-refractivity contribution >= 4 is 33.7 Å². The summed E-state index contributed by atoms with van der Waals surface area (Å²) in [4.78, 5) is 17.8. The van der Waals surface area contributed by atoms with Crippen LogP contribution in [0.1, 0.15) is 25.7 Å². The summed E-state index contributed by atoms with van der Waals surface area (Å²) in [5.41, 5.74) is 6.86. The molecule has 0 aromatic carbocycles. The minimum absolute atomic E-state index is 0.0350. The Balaban J connectivity index is 1.64. The van der Waals surface area contributed by atoms with Crippen molar-refractivity contribution < 1.29 is 4.79 Å². The van der Waals surface area contributed by atoms with E-state index in [9.17, 15) is 4.79 Å². The van der Waals surface area contributed by atoms with Crippen LogP contribution in [-0.2, 0) is 4.79 Å². The maximum Gasteiger partial charge on any atom is 0.229 e. The SMILES string of the molecule is NC1CCCC(C(=O)Nc2nc(-c3cccs3)cs2)C1. The molecule has 0 bridgehead atoms. The first-order valence-corrected chi connectivity index (χ1v) is 8.54. The number of carbonyl (C=O) groups is 1. The van der Waals surface area contributed by atoms with Gasteiger partial charge in [-0.2, -0.15) is 0 Å². The highest BCUT2D eigenvalue weighted by molar-refractivity contribution is 7.16. The van der Waals surface area contributed by atoms with Gasteiger partial charge in [0.15, 0.2) is 5.13 Å². The van der Waals surface area contributed by atoms with Crippen molar-refractivity contribution in [1.82, 2.24) is 4.98 Å². The molecule has 0 saturated heterocycles. The molecule has 2 aromatic rings. The third-order valence-electron chi connectivity index (χ3n) is 3.59. The average Bonchev–Trinajstić information content (AvgIpc) is 3.08. The minimum Gasteiger partial charge on any atom is -0.328 e. The summed E-state index contributed by atoms with van der Waals surface area (Å²) in [7, 11) is 0. The number of thiophene rings is 1. The van der Waals surface area contributed by atoms with E-state index in [1.807, 2.05) is 22.9 Å². The molecule has 20 heavy (non-hydrogen) atoms. The van der Waals surface area contributed by atoms with Crippen LogP contribution in [0.4, 0.5) is 5.13 Å². The van der Waals surface area contributed by atoms with Crippen LogP contribution in [0.25, 0.3) is 10.6 Å². The Hall–Kier alpha value is -1.24.